The summed E-state index contributed by atoms with van der Waals surface area (Å²) in [4.78, 5) is 3.88. The van der Waals surface area contributed by atoms with E-state index in [0.717, 1.165) is 6.07 Å². The van der Waals surface area contributed by atoms with E-state index in [1.807, 2.05) is 0 Å². The number of halogens is 3. The third-order valence-electron chi connectivity index (χ3n) is 2.47. The largest absolute Gasteiger partial charge is 0.759 e. The number of nitriles is 1. The van der Waals surface area contributed by atoms with Gasteiger partial charge in [-0.05, 0) is 6.07 Å². The van der Waals surface area contributed by atoms with Gasteiger partial charge in [-0.2, -0.15) is 18.4 Å². The molecule has 6 heteroatoms. The molecular weight excluding hydrogens is 273 g/mol. The number of hydrogen-bond donors (Lipinski definition) is 0. The van der Waals surface area contributed by atoms with Crippen LogP contribution < -0.4 is 0 Å². The highest BCUT2D eigenvalue weighted by Crippen LogP contribution is 2.35. The number of nitrogens with zero attached hydrogens (tertiary/aromatic N) is 2. The molecule has 0 aliphatic carbocycles. The molecule has 19 heavy (non-hydrogen) atoms. The molecule has 0 aliphatic rings. The van der Waals surface area contributed by atoms with Crippen LogP contribution in [0.15, 0.2) is 41.4 Å². The number of pyridine rings is 1. The van der Waals surface area contributed by atoms with Crippen molar-refractivity contribution in [1.82, 2.24) is 4.98 Å². The standard InChI is InChI=1S/C13H7F3N2S/c14-13(15,16)10-6-11(8-4-2-1-3-5-8)18-12(19)9(10)7-17/h1-6H,(H,18,19)/p-1. The summed E-state index contributed by atoms with van der Waals surface area (Å²) in [6, 6.07) is 10.7. The maximum absolute atomic E-state index is 12.9. The summed E-state index contributed by atoms with van der Waals surface area (Å²) in [5, 5.41) is 8.43. The molecule has 2 rings (SSSR count). The van der Waals surface area contributed by atoms with Crippen molar-refractivity contribution < 1.29 is 13.2 Å². The number of aromatic nitrogens is 1. The number of benzene rings is 1. The molecule has 0 amide bonds. The quantitative estimate of drug-likeness (QED) is 0.749. The first-order valence-electron chi connectivity index (χ1n) is 5.18. The minimum Gasteiger partial charge on any atom is -0.759 e. The molecule has 0 saturated heterocycles. The molecule has 0 spiro atoms. The van der Waals surface area contributed by atoms with Gasteiger partial charge in [0, 0.05) is 5.56 Å². The molecule has 0 N–H and O–H groups in total. The van der Waals surface area contributed by atoms with Crippen LogP contribution in [0.4, 0.5) is 13.2 Å². The first-order valence-corrected chi connectivity index (χ1v) is 5.59. The van der Waals surface area contributed by atoms with Crippen LogP contribution in [0.5, 0.6) is 0 Å². The van der Waals surface area contributed by atoms with Gasteiger partial charge in [0.25, 0.3) is 0 Å². The molecule has 0 aliphatic heterocycles. The van der Waals surface area contributed by atoms with E-state index in [9.17, 15) is 13.2 Å². The average molecular weight is 279 g/mol. The molecule has 0 atom stereocenters. The van der Waals surface area contributed by atoms with Crippen LogP contribution in [-0.4, -0.2) is 4.98 Å². The summed E-state index contributed by atoms with van der Waals surface area (Å²) in [5.41, 5.74) is -1.03. The summed E-state index contributed by atoms with van der Waals surface area (Å²) < 4.78 is 38.7. The molecule has 2 aromatic rings. The number of hydrogen-bond acceptors (Lipinski definition) is 3. The van der Waals surface area contributed by atoms with E-state index in [0.29, 0.717) is 5.56 Å². The van der Waals surface area contributed by atoms with Gasteiger partial charge in [0.2, 0.25) is 0 Å². The van der Waals surface area contributed by atoms with Crippen LogP contribution in [0.25, 0.3) is 11.3 Å². The molecule has 1 aromatic heterocycles. The van der Waals surface area contributed by atoms with E-state index < -0.39 is 17.3 Å². The first kappa shape index (κ1) is 13.3. The Morgan fingerprint density at radius 2 is 1.79 bits per heavy atom. The zero-order valence-electron chi connectivity index (χ0n) is 9.40. The Morgan fingerprint density at radius 3 is 2.32 bits per heavy atom. The van der Waals surface area contributed by atoms with Crippen molar-refractivity contribution in [3.8, 4) is 17.3 Å². The van der Waals surface area contributed by atoms with Gasteiger partial charge in [0.05, 0.1) is 22.9 Å². The maximum atomic E-state index is 12.9. The van der Waals surface area contributed by atoms with Crippen LogP contribution in [0.2, 0.25) is 0 Å². The van der Waals surface area contributed by atoms with Gasteiger partial charge < -0.3 is 12.6 Å². The molecule has 0 radical (unpaired) electrons. The zero-order chi connectivity index (χ0) is 14.0. The van der Waals surface area contributed by atoms with Gasteiger partial charge in [0.15, 0.2) is 0 Å². The van der Waals surface area contributed by atoms with Gasteiger partial charge in [-0.25, -0.2) is 0 Å². The molecule has 2 nitrogen and oxygen atoms in total. The molecular formula is C13H6F3N2S-. The second-order valence-corrected chi connectivity index (χ2v) is 4.10. The monoisotopic (exact) mass is 279 g/mol. The molecule has 0 unspecified atom stereocenters. The first-order chi connectivity index (χ1) is 8.93. The third-order valence-corrected chi connectivity index (χ3v) is 2.77. The Labute approximate surface area is 112 Å². The predicted molar refractivity (Wildman–Crippen MR) is 65.0 cm³/mol. The van der Waals surface area contributed by atoms with Crippen molar-refractivity contribution in [2.24, 2.45) is 0 Å². The number of rotatable bonds is 1. The lowest BCUT2D eigenvalue weighted by molar-refractivity contribution is -0.138. The van der Waals surface area contributed by atoms with Crippen LogP contribution in [0, 0.1) is 11.3 Å². The fourth-order valence-corrected chi connectivity index (χ4v) is 1.86. The number of alkyl halides is 3. The normalized spacial score (nSPS) is 11.1. The van der Waals surface area contributed by atoms with Crippen LogP contribution in [-0.2, 0) is 18.8 Å². The van der Waals surface area contributed by atoms with Gasteiger partial charge in [-0.15, -0.1) is 0 Å². The van der Waals surface area contributed by atoms with Crippen molar-refractivity contribution in [2.75, 3.05) is 0 Å². The smallest absolute Gasteiger partial charge is 0.417 e. The molecule has 96 valence electrons. The van der Waals surface area contributed by atoms with E-state index in [1.54, 1.807) is 30.3 Å². The van der Waals surface area contributed by atoms with Crippen molar-refractivity contribution in [2.45, 2.75) is 11.2 Å². The summed E-state index contributed by atoms with van der Waals surface area (Å²) in [7, 11) is 0. The fraction of sp³-hybridized carbons (Fsp3) is 0.0769. The Hall–Kier alpha value is -2.13. The Morgan fingerprint density at radius 1 is 1.16 bits per heavy atom. The second-order valence-electron chi connectivity index (χ2n) is 3.71. The molecule has 1 aromatic carbocycles. The van der Waals surface area contributed by atoms with Crippen LogP contribution >= 0.6 is 0 Å². The topological polar surface area (TPSA) is 36.7 Å². The molecule has 0 saturated carbocycles. The highest BCUT2D eigenvalue weighted by Gasteiger charge is 2.34. The van der Waals surface area contributed by atoms with Gasteiger partial charge in [-0.1, -0.05) is 35.4 Å². The summed E-state index contributed by atoms with van der Waals surface area (Å²) >= 11 is 4.76. The van der Waals surface area contributed by atoms with E-state index in [4.69, 9.17) is 17.9 Å². The summed E-state index contributed by atoms with van der Waals surface area (Å²) in [6.45, 7) is 0. The molecule has 1 heterocycles. The van der Waals surface area contributed by atoms with Crippen LogP contribution in [0.1, 0.15) is 11.1 Å². The maximum Gasteiger partial charge on any atom is 0.417 e. The SMILES string of the molecule is N#Cc1c(C(F)(F)F)cc(-c2ccccc2)nc1[S-]. The van der Waals surface area contributed by atoms with E-state index in [-0.39, 0.29) is 10.7 Å². The third kappa shape index (κ3) is 2.66. The van der Waals surface area contributed by atoms with Gasteiger partial charge in [0.1, 0.15) is 0 Å². The lowest BCUT2D eigenvalue weighted by Gasteiger charge is -2.16. The lowest BCUT2D eigenvalue weighted by atomic mass is 10.1. The van der Waals surface area contributed by atoms with Crippen molar-refractivity contribution >= 4 is 12.6 Å². The van der Waals surface area contributed by atoms with E-state index in [2.05, 4.69) is 4.98 Å². The van der Waals surface area contributed by atoms with Crippen LogP contribution in [0.3, 0.4) is 0 Å². The second kappa shape index (κ2) is 4.86. The minimum atomic E-state index is -4.63. The summed E-state index contributed by atoms with van der Waals surface area (Å²) in [6.07, 6.45) is -4.63. The van der Waals surface area contributed by atoms with E-state index >= 15 is 0 Å². The highest BCUT2D eigenvalue weighted by molar-refractivity contribution is 7.58. The Bertz CT molecular complexity index is 645. The van der Waals surface area contributed by atoms with Gasteiger partial charge in [-0.3, -0.25) is 4.98 Å². The summed E-state index contributed by atoms with van der Waals surface area (Å²) in [5.74, 6) is 0. The van der Waals surface area contributed by atoms with Gasteiger partial charge >= 0.3 is 6.18 Å². The lowest BCUT2D eigenvalue weighted by Crippen LogP contribution is -2.10. The predicted octanol–water partition coefficient (Wildman–Crippen LogP) is 3.54. The fourth-order valence-electron chi connectivity index (χ4n) is 1.61. The minimum absolute atomic E-state index is 0.108. The average Bonchev–Trinajstić information content (AvgIpc) is 2.37. The van der Waals surface area contributed by atoms with E-state index in [1.165, 1.54) is 6.07 Å². The van der Waals surface area contributed by atoms with Crippen molar-refractivity contribution in [3.63, 3.8) is 0 Å². The van der Waals surface area contributed by atoms with Crippen molar-refractivity contribution in [3.05, 3.63) is 47.5 Å². The molecule has 0 bridgehead atoms. The Balaban J connectivity index is 2.69. The molecule has 0 fully saturated rings. The van der Waals surface area contributed by atoms with Crippen molar-refractivity contribution in [1.29, 1.82) is 5.26 Å². The Kier molecular flexibility index (Phi) is 3.40. The highest BCUT2D eigenvalue weighted by atomic mass is 32.1. The zero-order valence-corrected chi connectivity index (χ0v) is 10.2.